The van der Waals surface area contributed by atoms with Crippen molar-refractivity contribution in [3.05, 3.63) is 144 Å². The van der Waals surface area contributed by atoms with Crippen molar-refractivity contribution in [1.82, 2.24) is 14.4 Å². The van der Waals surface area contributed by atoms with E-state index in [9.17, 15) is 0 Å². The third-order valence-corrected chi connectivity index (χ3v) is 8.06. The van der Waals surface area contributed by atoms with Gasteiger partial charge in [-0.25, -0.2) is 9.97 Å². The summed E-state index contributed by atoms with van der Waals surface area (Å²) in [6.45, 7) is 4.26. The highest BCUT2D eigenvalue weighted by Gasteiger charge is 2.51. The Labute approximate surface area is 239 Å². The molecule has 3 atom stereocenters. The van der Waals surface area contributed by atoms with E-state index in [2.05, 4.69) is 88.8 Å². The van der Waals surface area contributed by atoms with Gasteiger partial charge in [-0.2, -0.15) is 0 Å². The number of nitrogen functional groups attached to an aromatic ring is 1. The van der Waals surface area contributed by atoms with Crippen molar-refractivity contribution in [2.24, 2.45) is 0 Å². The summed E-state index contributed by atoms with van der Waals surface area (Å²) in [7, 11) is 0. The molecule has 2 aliphatic rings. The van der Waals surface area contributed by atoms with E-state index in [1.165, 1.54) is 0 Å². The average Bonchev–Trinajstić information content (AvgIpc) is 3.67. The molecule has 0 radical (unpaired) electrons. The summed E-state index contributed by atoms with van der Waals surface area (Å²) in [6.07, 6.45) is 7.16. The second-order valence-electron chi connectivity index (χ2n) is 11.0. The van der Waals surface area contributed by atoms with Gasteiger partial charge < -0.3 is 19.9 Å². The summed E-state index contributed by atoms with van der Waals surface area (Å²) < 4.78 is 22.1. The smallest absolute Gasteiger partial charge is 0.180 e. The van der Waals surface area contributed by atoms with E-state index < -0.39 is 11.4 Å². The van der Waals surface area contributed by atoms with E-state index in [1.807, 2.05) is 48.8 Å². The number of benzene rings is 3. The molecule has 1 saturated heterocycles. The Bertz CT molecular complexity index is 1600. The molecule has 0 saturated carbocycles. The van der Waals surface area contributed by atoms with Crippen LogP contribution in [0.15, 0.2) is 121 Å². The number of fused-ring (bicyclic) bond motifs is 2. The summed E-state index contributed by atoms with van der Waals surface area (Å²) in [6, 6.07) is 31.2. The first-order chi connectivity index (χ1) is 20.0. The number of nitrogens with zero attached hydrogens (tertiary/aromatic N) is 3. The maximum Gasteiger partial charge on any atom is 0.180 e. The highest BCUT2D eigenvalue weighted by atomic mass is 16.8. The Morgan fingerprint density at radius 1 is 0.854 bits per heavy atom. The number of ether oxygens (including phenoxy) is 3. The van der Waals surface area contributed by atoms with E-state index in [0.29, 0.717) is 18.1 Å². The summed E-state index contributed by atoms with van der Waals surface area (Å²) in [4.78, 5) is 8.76. The van der Waals surface area contributed by atoms with Gasteiger partial charge in [0.05, 0.1) is 18.5 Å². The molecule has 7 heteroatoms. The summed E-state index contributed by atoms with van der Waals surface area (Å²) in [5, 5.41) is 0. The topological polar surface area (TPSA) is 83.9 Å². The van der Waals surface area contributed by atoms with E-state index in [1.54, 1.807) is 6.20 Å². The van der Waals surface area contributed by atoms with Crippen molar-refractivity contribution in [3.8, 4) is 0 Å². The number of imidazole rings is 1. The van der Waals surface area contributed by atoms with Gasteiger partial charge in [0.2, 0.25) is 0 Å². The molecule has 0 spiro atoms. The van der Waals surface area contributed by atoms with Crippen molar-refractivity contribution in [3.63, 3.8) is 0 Å². The van der Waals surface area contributed by atoms with Crippen molar-refractivity contribution >= 4 is 11.5 Å². The van der Waals surface area contributed by atoms with Crippen LogP contribution >= 0.6 is 0 Å². The third-order valence-electron chi connectivity index (χ3n) is 8.06. The summed E-state index contributed by atoms with van der Waals surface area (Å²) >= 11 is 0. The molecule has 7 rings (SSSR count). The largest absolute Gasteiger partial charge is 0.381 e. The summed E-state index contributed by atoms with van der Waals surface area (Å²) in [5.41, 5.74) is 11.1. The van der Waals surface area contributed by atoms with Gasteiger partial charge >= 0.3 is 0 Å². The van der Waals surface area contributed by atoms with Gasteiger partial charge in [0, 0.05) is 18.3 Å². The minimum Gasteiger partial charge on any atom is -0.381 e. The van der Waals surface area contributed by atoms with Crippen LogP contribution in [0.4, 0.5) is 5.82 Å². The van der Waals surface area contributed by atoms with Gasteiger partial charge in [0.1, 0.15) is 17.8 Å². The van der Waals surface area contributed by atoms with Crippen LogP contribution in [0.1, 0.15) is 42.1 Å². The van der Waals surface area contributed by atoms with Gasteiger partial charge in [0.15, 0.2) is 17.3 Å². The molecule has 2 aromatic heterocycles. The number of anilines is 1. The van der Waals surface area contributed by atoms with Gasteiger partial charge in [-0.15, -0.1) is 0 Å². The lowest BCUT2D eigenvalue weighted by Gasteiger charge is -2.36. The monoisotopic (exact) mass is 544 g/mol. The van der Waals surface area contributed by atoms with Crippen molar-refractivity contribution in [2.75, 3.05) is 12.3 Å². The predicted molar refractivity (Wildman–Crippen MR) is 157 cm³/mol. The molecule has 0 unspecified atom stereocenters. The van der Waals surface area contributed by atoms with E-state index in [4.69, 9.17) is 19.9 Å². The number of hydrogen-bond acceptors (Lipinski definition) is 6. The van der Waals surface area contributed by atoms with Crippen molar-refractivity contribution < 1.29 is 14.2 Å². The number of nitrogens with two attached hydrogens (primary N) is 1. The fourth-order valence-electron chi connectivity index (χ4n) is 6.31. The number of aromatic nitrogens is 3. The predicted octanol–water partition coefficient (Wildman–Crippen LogP) is 5.86. The van der Waals surface area contributed by atoms with Gasteiger partial charge in [0.25, 0.3) is 0 Å². The Morgan fingerprint density at radius 3 is 2.02 bits per heavy atom. The highest BCUT2D eigenvalue weighted by molar-refractivity contribution is 5.60. The van der Waals surface area contributed by atoms with Crippen LogP contribution in [0, 0.1) is 0 Å². The number of rotatable bonds is 7. The SMILES string of the molecule is CC1(C)O[C@@H]2[C@H](O1)C(COC(c1ccccc1)(c1ccccc1)c1ccccc1)=C[C@H]2c1cnc2c(N)nccn12. The van der Waals surface area contributed by atoms with Crippen molar-refractivity contribution in [1.29, 1.82) is 0 Å². The zero-order chi connectivity index (χ0) is 28.0. The quantitative estimate of drug-likeness (QED) is 0.204. The van der Waals surface area contributed by atoms with E-state index in [-0.39, 0.29) is 18.1 Å². The van der Waals surface area contributed by atoms with Crippen LogP contribution in [0.5, 0.6) is 0 Å². The summed E-state index contributed by atoms with van der Waals surface area (Å²) in [5.74, 6) is -0.441. The first-order valence-corrected chi connectivity index (χ1v) is 13.9. The molecular formula is C34H32N4O3. The lowest BCUT2D eigenvalue weighted by molar-refractivity contribution is -0.147. The third kappa shape index (κ3) is 4.34. The van der Waals surface area contributed by atoms with Gasteiger partial charge in [-0.05, 0) is 36.1 Å². The minimum absolute atomic E-state index is 0.100. The molecule has 3 aromatic carbocycles. The molecule has 0 bridgehead atoms. The highest BCUT2D eigenvalue weighted by Crippen LogP contribution is 2.47. The first-order valence-electron chi connectivity index (χ1n) is 13.9. The Morgan fingerprint density at radius 2 is 1.44 bits per heavy atom. The Balaban J connectivity index is 1.33. The minimum atomic E-state index is -0.837. The van der Waals surface area contributed by atoms with Crippen LogP contribution in [-0.2, 0) is 19.8 Å². The molecule has 206 valence electrons. The molecule has 7 nitrogen and oxygen atoms in total. The molecule has 1 aliphatic carbocycles. The fraction of sp³-hybridized carbons (Fsp3) is 0.235. The molecule has 2 N–H and O–H groups in total. The molecule has 0 amide bonds. The normalized spacial score (nSPS) is 21.6. The second kappa shape index (κ2) is 9.96. The zero-order valence-corrected chi connectivity index (χ0v) is 23.1. The molecule has 3 heterocycles. The van der Waals surface area contributed by atoms with Crippen LogP contribution in [-0.4, -0.2) is 39.0 Å². The average molecular weight is 545 g/mol. The van der Waals surface area contributed by atoms with E-state index >= 15 is 0 Å². The molecule has 1 aliphatic heterocycles. The standard InChI is InChI=1S/C34H32N4O3/c1-33(2)40-29-23(20-27(30(29)41-33)28-21-37-32-31(35)36-18-19-38(28)32)22-39-34(24-12-6-3-7-13-24,25-14-8-4-9-15-25)26-16-10-5-11-17-26/h3-21,27,29-30H,22H2,1-2H3,(H2,35,36)/t27-,29+,30-/m0/s1. The number of hydrogen-bond donors (Lipinski definition) is 1. The molecular weight excluding hydrogens is 512 g/mol. The van der Waals surface area contributed by atoms with Gasteiger partial charge in [-0.1, -0.05) is 97.1 Å². The second-order valence-corrected chi connectivity index (χ2v) is 11.0. The molecule has 1 fully saturated rings. The van der Waals surface area contributed by atoms with Crippen molar-refractivity contribution in [2.45, 2.75) is 43.4 Å². The maximum absolute atomic E-state index is 7.16. The van der Waals surface area contributed by atoms with Crippen LogP contribution in [0.2, 0.25) is 0 Å². The molecule has 5 aromatic rings. The van der Waals surface area contributed by atoms with Gasteiger partial charge in [-0.3, -0.25) is 4.40 Å². The van der Waals surface area contributed by atoms with Crippen LogP contribution < -0.4 is 5.73 Å². The van der Waals surface area contributed by atoms with Crippen LogP contribution in [0.25, 0.3) is 5.65 Å². The zero-order valence-electron chi connectivity index (χ0n) is 23.1. The molecule has 41 heavy (non-hydrogen) atoms. The lowest BCUT2D eigenvalue weighted by Crippen LogP contribution is -2.35. The Hall–Kier alpha value is -4.30. The maximum atomic E-state index is 7.16. The first kappa shape index (κ1) is 25.7. The fourth-order valence-corrected chi connectivity index (χ4v) is 6.31. The van der Waals surface area contributed by atoms with E-state index in [0.717, 1.165) is 28.0 Å². The van der Waals surface area contributed by atoms with Crippen LogP contribution in [0.3, 0.4) is 0 Å². The Kier molecular flexibility index (Phi) is 6.23. The lowest BCUT2D eigenvalue weighted by atomic mass is 9.80.